The molecule has 0 aliphatic carbocycles. The molecule has 6 heteroatoms. The van der Waals surface area contributed by atoms with Crippen molar-refractivity contribution in [1.29, 1.82) is 0 Å². The van der Waals surface area contributed by atoms with Crippen molar-refractivity contribution in [3.8, 4) is 0 Å². The normalized spacial score (nSPS) is 12.2. The Hall–Kier alpha value is -1.30. The van der Waals surface area contributed by atoms with Crippen LogP contribution in [0.1, 0.15) is 23.8 Å². The molecule has 1 aromatic rings. The number of carbonyl (C=O) groups is 2. The maximum atomic E-state index is 11.7. The number of aromatic nitrogens is 1. The Morgan fingerprint density at radius 1 is 1.62 bits per heavy atom. The molecule has 2 N–H and O–H groups in total. The van der Waals surface area contributed by atoms with E-state index in [-0.39, 0.29) is 5.91 Å². The molecular weight excluding hydrogens is 276 g/mol. The molecule has 0 aromatic carbocycles. The van der Waals surface area contributed by atoms with Crippen LogP contribution in [0.3, 0.4) is 0 Å². The monoisotopic (exact) mass is 288 g/mol. The topological polar surface area (TPSA) is 71.3 Å². The van der Waals surface area contributed by atoms with E-state index < -0.39 is 12.0 Å². The first kappa shape index (κ1) is 12.8. The predicted molar refractivity (Wildman–Crippen MR) is 62.3 cm³/mol. The molecule has 1 atom stereocenters. The Bertz CT molecular complexity index is 414. The molecule has 0 spiro atoms. The van der Waals surface area contributed by atoms with Crippen molar-refractivity contribution in [2.45, 2.75) is 19.4 Å². The minimum Gasteiger partial charge on any atom is -0.480 e. The van der Waals surface area contributed by atoms with Gasteiger partial charge in [-0.3, -0.25) is 4.79 Å². The number of amides is 1. The van der Waals surface area contributed by atoms with Crippen molar-refractivity contribution < 1.29 is 14.7 Å². The standard InChI is InChI=1S/C10H13BrN2O3/c1-3-7(10(15)16)12-9(14)8-4-6(11)5-13(8)2/h4-5,7H,3H2,1-2H3,(H,12,14)(H,15,16)/t7-/m0/s1. The Kier molecular flexibility index (Phi) is 4.12. The van der Waals surface area contributed by atoms with Crippen molar-refractivity contribution in [3.05, 3.63) is 22.4 Å². The maximum absolute atomic E-state index is 11.7. The lowest BCUT2D eigenvalue weighted by Gasteiger charge is -2.12. The van der Waals surface area contributed by atoms with Gasteiger partial charge >= 0.3 is 5.97 Å². The summed E-state index contributed by atoms with van der Waals surface area (Å²) in [5.74, 6) is -1.41. The summed E-state index contributed by atoms with van der Waals surface area (Å²) >= 11 is 3.25. The molecule has 0 aliphatic rings. The van der Waals surface area contributed by atoms with Crippen LogP contribution in [-0.2, 0) is 11.8 Å². The number of carbonyl (C=O) groups excluding carboxylic acids is 1. The smallest absolute Gasteiger partial charge is 0.326 e. The van der Waals surface area contributed by atoms with Gasteiger partial charge in [0, 0.05) is 17.7 Å². The van der Waals surface area contributed by atoms with Crippen molar-refractivity contribution >= 4 is 27.8 Å². The summed E-state index contributed by atoms with van der Waals surface area (Å²) < 4.78 is 2.41. The number of halogens is 1. The third kappa shape index (κ3) is 2.85. The zero-order valence-corrected chi connectivity index (χ0v) is 10.6. The number of carboxylic acids is 1. The van der Waals surface area contributed by atoms with Crippen LogP contribution in [-0.4, -0.2) is 27.6 Å². The first-order chi connectivity index (χ1) is 7.45. The van der Waals surface area contributed by atoms with Gasteiger partial charge in [-0.2, -0.15) is 0 Å². The number of carboxylic acid groups (broad SMARTS) is 1. The van der Waals surface area contributed by atoms with Crippen molar-refractivity contribution in [2.75, 3.05) is 0 Å². The fourth-order valence-corrected chi connectivity index (χ4v) is 1.84. The first-order valence-corrected chi connectivity index (χ1v) is 5.60. The molecule has 0 fully saturated rings. The molecule has 1 amide bonds. The van der Waals surface area contributed by atoms with Crippen molar-refractivity contribution in [3.63, 3.8) is 0 Å². The SMILES string of the molecule is CC[C@H](NC(=O)c1cc(Br)cn1C)C(=O)O. The number of nitrogens with one attached hydrogen (secondary N) is 1. The zero-order chi connectivity index (χ0) is 12.3. The molecule has 0 saturated carbocycles. The summed E-state index contributed by atoms with van der Waals surface area (Å²) in [7, 11) is 1.72. The summed E-state index contributed by atoms with van der Waals surface area (Å²) in [6.07, 6.45) is 2.09. The van der Waals surface area contributed by atoms with E-state index in [1.807, 2.05) is 0 Å². The highest BCUT2D eigenvalue weighted by atomic mass is 79.9. The molecule has 16 heavy (non-hydrogen) atoms. The number of rotatable bonds is 4. The van der Waals surface area contributed by atoms with Crippen LogP contribution in [0.25, 0.3) is 0 Å². The minimum atomic E-state index is -1.02. The Morgan fingerprint density at radius 2 is 2.25 bits per heavy atom. The third-order valence-corrected chi connectivity index (χ3v) is 2.65. The highest BCUT2D eigenvalue weighted by Gasteiger charge is 2.20. The van der Waals surface area contributed by atoms with E-state index in [9.17, 15) is 9.59 Å². The van der Waals surface area contributed by atoms with E-state index in [0.717, 1.165) is 4.47 Å². The van der Waals surface area contributed by atoms with Crippen LogP contribution < -0.4 is 5.32 Å². The molecule has 1 aromatic heterocycles. The van der Waals surface area contributed by atoms with Crippen molar-refractivity contribution in [1.82, 2.24) is 9.88 Å². The van der Waals surface area contributed by atoms with Gasteiger partial charge in [-0.1, -0.05) is 6.92 Å². The number of hydrogen-bond acceptors (Lipinski definition) is 2. The molecule has 0 unspecified atom stereocenters. The molecule has 0 radical (unpaired) electrons. The van der Waals surface area contributed by atoms with Gasteiger partial charge in [0.2, 0.25) is 0 Å². The maximum Gasteiger partial charge on any atom is 0.326 e. The van der Waals surface area contributed by atoms with Crippen LogP contribution in [0.5, 0.6) is 0 Å². The van der Waals surface area contributed by atoms with E-state index in [0.29, 0.717) is 12.1 Å². The van der Waals surface area contributed by atoms with E-state index >= 15 is 0 Å². The van der Waals surface area contributed by atoms with Gasteiger partial charge < -0.3 is 15.0 Å². The van der Waals surface area contributed by atoms with Gasteiger partial charge in [-0.15, -0.1) is 0 Å². The summed E-state index contributed by atoms with van der Waals surface area (Å²) in [6.45, 7) is 1.71. The average molecular weight is 289 g/mol. The molecular formula is C10H13BrN2O3. The Morgan fingerprint density at radius 3 is 2.62 bits per heavy atom. The highest BCUT2D eigenvalue weighted by molar-refractivity contribution is 9.10. The second-order valence-corrected chi connectivity index (χ2v) is 4.34. The van der Waals surface area contributed by atoms with Crippen LogP contribution >= 0.6 is 15.9 Å². The van der Waals surface area contributed by atoms with Crippen LogP contribution in [0.15, 0.2) is 16.7 Å². The van der Waals surface area contributed by atoms with Gasteiger partial charge in [0.1, 0.15) is 11.7 Å². The summed E-state index contributed by atoms with van der Waals surface area (Å²) in [5, 5.41) is 11.3. The van der Waals surface area contributed by atoms with E-state index in [1.165, 1.54) is 0 Å². The summed E-state index contributed by atoms with van der Waals surface area (Å²) in [5.41, 5.74) is 0.423. The molecule has 88 valence electrons. The highest BCUT2D eigenvalue weighted by Crippen LogP contribution is 2.13. The molecule has 1 rings (SSSR count). The zero-order valence-electron chi connectivity index (χ0n) is 9.03. The lowest BCUT2D eigenvalue weighted by molar-refractivity contribution is -0.139. The Labute approximate surface area is 102 Å². The summed E-state index contributed by atoms with van der Waals surface area (Å²) in [4.78, 5) is 22.5. The number of hydrogen-bond donors (Lipinski definition) is 2. The van der Waals surface area contributed by atoms with Gasteiger partial charge in [0.25, 0.3) is 5.91 Å². The van der Waals surface area contributed by atoms with Gasteiger partial charge in [0.15, 0.2) is 0 Å². The van der Waals surface area contributed by atoms with Crippen LogP contribution in [0.2, 0.25) is 0 Å². The minimum absolute atomic E-state index is 0.354. The number of aryl methyl sites for hydroxylation is 1. The van der Waals surface area contributed by atoms with Crippen LogP contribution in [0, 0.1) is 0 Å². The molecule has 0 aliphatic heterocycles. The molecule has 0 saturated heterocycles. The van der Waals surface area contributed by atoms with E-state index in [2.05, 4.69) is 21.2 Å². The van der Waals surface area contributed by atoms with Gasteiger partial charge in [0.05, 0.1) is 0 Å². The Balaban J connectivity index is 2.79. The van der Waals surface area contributed by atoms with Crippen LogP contribution in [0.4, 0.5) is 0 Å². The lowest BCUT2D eigenvalue weighted by atomic mass is 10.2. The number of nitrogens with zero attached hydrogens (tertiary/aromatic N) is 1. The van der Waals surface area contributed by atoms with Gasteiger partial charge in [-0.05, 0) is 28.4 Å². The first-order valence-electron chi connectivity index (χ1n) is 4.81. The lowest BCUT2D eigenvalue weighted by Crippen LogP contribution is -2.40. The fourth-order valence-electron chi connectivity index (χ4n) is 1.32. The van der Waals surface area contributed by atoms with E-state index in [4.69, 9.17) is 5.11 Å². The second-order valence-electron chi connectivity index (χ2n) is 3.43. The van der Waals surface area contributed by atoms with E-state index in [1.54, 1.807) is 30.8 Å². The molecule has 5 nitrogen and oxygen atoms in total. The third-order valence-electron chi connectivity index (χ3n) is 2.22. The second kappa shape index (κ2) is 5.16. The number of aliphatic carboxylic acids is 1. The average Bonchev–Trinajstić information content (AvgIpc) is 2.53. The quantitative estimate of drug-likeness (QED) is 0.879. The summed E-state index contributed by atoms with van der Waals surface area (Å²) in [6, 6.07) is 0.797. The largest absolute Gasteiger partial charge is 0.480 e. The van der Waals surface area contributed by atoms with Gasteiger partial charge in [-0.25, -0.2) is 4.79 Å². The molecule has 1 heterocycles. The van der Waals surface area contributed by atoms with Crippen molar-refractivity contribution in [2.24, 2.45) is 7.05 Å². The fraction of sp³-hybridized carbons (Fsp3) is 0.400. The molecule has 0 bridgehead atoms. The predicted octanol–water partition coefficient (Wildman–Crippen LogP) is 1.38.